The third-order valence-corrected chi connectivity index (χ3v) is 14.2. The van der Waals surface area contributed by atoms with Gasteiger partial charge in [0.25, 0.3) is 0 Å². The van der Waals surface area contributed by atoms with Crippen molar-refractivity contribution in [1.29, 1.82) is 0 Å². The summed E-state index contributed by atoms with van der Waals surface area (Å²) in [5.74, 6) is 0. The molecular weight excluding hydrogens is 837 g/mol. The molecule has 0 aliphatic carbocycles. The van der Waals surface area contributed by atoms with Gasteiger partial charge in [-0.2, -0.15) is 0 Å². The fourth-order valence-corrected chi connectivity index (χ4v) is 11.1. The smallest absolute Gasteiger partial charge is 0.143 e. The van der Waals surface area contributed by atoms with Gasteiger partial charge in [-0.15, -0.1) is 0 Å². The van der Waals surface area contributed by atoms with Crippen molar-refractivity contribution in [3.63, 3.8) is 0 Å². The number of furan rings is 1. The molecule has 14 rings (SSSR count). The van der Waals surface area contributed by atoms with E-state index in [0.29, 0.717) is 0 Å². The van der Waals surface area contributed by atoms with E-state index in [4.69, 9.17) is 4.42 Å². The molecule has 69 heavy (non-hydrogen) atoms. The third kappa shape index (κ3) is 6.21. The number of fused-ring (bicyclic) bond motifs is 11. The molecule has 12 aromatic carbocycles. The molecule has 0 amide bonds. The van der Waals surface area contributed by atoms with Gasteiger partial charge in [0.2, 0.25) is 0 Å². The molecule has 0 saturated heterocycles. The first-order chi connectivity index (χ1) is 34.2. The second-order valence-corrected chi connectivity index (χ2v) is 18.0. The average molecular weight is 879 g/mol. The predicted molar refractivity (Wildman–Crippen MR) is 292 cm³/mol. The Morgan fingerprint density at radius 2 is 0.855 bits per heavy atom. The summed E-state index contributed by atoms with van der Waals surface area (Å²) in [6.07, 6.45) is 0. The normalized spacial score (nSPS) is 11.8. The van der Waals surface area contributed by atoms with Gasteiger partial charge in [0.15, 0.2) is 0 Å². The van der Waals surface area contributed by atoms with E-state index in [2.05, 4.69) is 264 Å². The van der Waals surface area contributed by atoms with Gasteiger partial charge in [-0.05, 0) is 116 Å². The van der Waals surface area contributed by atoms with Gasteiger partial charge in [0, 0.05) is 49.4 Å². The van der Waals surface area contributed by atoms with Crippen LogP contribution in [0, 0.1) is 0 Å². The molecule has 2 aromatic heterocycles. The Labute approximate surface area is 399 Å². The maximum atomic E-state index is 6.73. The highest BCUT2D eigenvalue weighted by atomic mass is 16.3. The number of aromatic nitrogens is 1. The van der Waals surface area contributed by atoms with Gasteiger partial charge >= 0.3 is 0 Å². The van der Waals surface area contributed by atoms with Crippen LogP contribution in [0.2, 0.25) is 0 Å². The number of benzene rings is 12. The molecule has 0 radical (unpaired) electrons. The quantitative estimate of drug-likeness (QED) is 0.149. The lowest BCUT2D eigenvalue weighted by Gasteiger charge is -2.28. The van der Waals surface area contributed by atoms with Gasteiger partial charge in [-0.1, -0.05) is 188 Å². The molecule has 2 heterocycles. The van der Waals surface area contributed by atoms with Crippen LogP contribution >= 0.6 is 0 Å². The summed E-state index contributed by atoms with van der Waals surface area (Å²) < 4.78 is 9.15. The molecule has 0 spiro atoms. The predicted octanol–water partition coefficient (Wildman–Crippen LogP) is 18.6. The fraction of sp³-hybridized carbons (Fsp3) is 0. The lowest BCUT2D eigenvalue weighted by molar-refractivity contribution is 0.673. The van der Waals surface area contributed by atoms with Gasteiger partial charge in [0.05, 0.1) is 22.4 Å². The van der Waals surface area contributed by atoms with E-state index in [-0.39, 0.29) is 0 Å². The number of rotatable bonds is 7. The fourth-order valence-electron chi connectivity index (χ4n) is 11.1. The SMILES string of the molecule is c1ccc(N(c2ccc(-c3ccccc3-n3c4ccccc4c4ccccc43)cc2)c2ccc(-c3cc4ccccc4c4ccccc34)cc2)c(-c2cccc3oc4c5ccccc5ccc4c23)c1. The van der Waals surface area contributed by atoms with Crippen molar-refractivity contribution >= 4 is 93.1 Å². The summed E-state index contributed by atoms with van der Waals surface area (Å²) >= 11 is 0. The van der Waals surface area contributed by atoms with Crippen molar-refractivity contribution in [2.24, 2.45) is 0 Å². The summed E-state index contributed by atoms with van der Waals surface area (Å²) in [5, 5.41) is 12.0. The largest absolute Gasteiger partial charge is 0.455 e. The van der Waals surface area contributed by atoms with Crippen LogP contribution < -0.4 is 4.90 Å². The van der Waals surface area contributed by atoms with Crippen LogP contribution in [0.25, 0.3) is 115 Å². The number of hydrogen-bond acceptors (Lipinski definition) is 2. The van der Waals surface area contributed by atoms with Crippen LogP contribution in [0.4, 0.5) is 17.1 Å². The van der Waals surface area contributed by atoms with E-state index < -0.39 is 0 Å². The Morgan fingerprint density at radius 3 is 1.58 bits per heavy atom. The van der Waals surface area contributed by atoms with Gasteiger partial charge < -0.3 is 13.9 Å². The van der Waals surface area contributed by atoms with Crippen LogP contribution in [-0.2, 0) is 0 Å². The topological polar surface area (TPSA) is 21.3 Å². The molecule has 3 heteroatoms. The molecule has 0 aliphatic heterocycles. The molecule has 0 unspecified atom stereocenters. The first kappa shape index (κ1) is 39.0. The molecule has 0 atom stereocenters. The van der Waals surface area contributed by atoms with E-state index in [1.54, 1.807) is 0 Å². The first-order valence-electron chi connectivity index (χ1n) is 23.7. The molecular formula is C66H42N2O. The molecule has 0 fully saturated rings. The summed E-state index contributed by atoms with van der Waals surface area (Å²) in [6, 6.07) is 92.5. The zero-order chi connectivity index (χ0) is 45.4. The third-order valence-electron chi connectivity index (χ3n) is 14.2. The Balaban J connectivity index is 0.945. The summed E-state index contributed by atoms with van der Waals surface area (Å²) in [6.45, 7) is 0. The lowest BCUT2D eigenvalue weighted by atomic mass is 9.93. The van der Waals surface area contributed by atoms with Crippen molar-refractivity contribution in [3.8, 4) is 39.1 Å². The Morgan fingerprint density at radius 1 is 0.319 bits per heavy atom. The Kier molecular flexibility index (Phi) is 8.90. The van der Waals surface area contributed by atoms with Crippen LogP contribution in [0.3, 0.4) is 0 Å². The minimum Gasteiger partial charge on any atom is -0.455 e. The number of anilines is 3. The number of nitrogens with zero attached hydrogens (tertiary/aromatic N) is 2. The van der Waals surface area contributed by atoms with Crippen molar-refractivity contribution in [3.05, 3.63) is 255 Å². The maximum Gasteiger partial charge on any atom is 0.143 e. The molecule has 14 aromatic rings. The average Bonchev–Trinajstić information content (AvgIpc) is 3.98. The van der Waals surface area contributed by atoms with Crippen molar-refractivity contribution in [2.45, 2.75) is 0 Å². The summed E-state index contributed by atoms with van der Waals surface area (Å²) in [7, 11) is 0. The van der Waals surface area contributed by atoms with Crippen molar-refractivity contribution < 1.29 is 4.42 Å². The minimum absolute atomic E-state index is 0.874. The lowest BCUT2D eigenvalue weighted by Crippen LogP contribution is -2.11. The zero-order valence-electron chi connectivity index (χ0n) is 37.6. The number of hydrogen-bond donors (Lipinski definition) is 0. The maximum absolute atomic E-state index is 6.73. The number of para-hydroxylation sites is 4. The molecule has 0 N–H and O–H groups in total. The molecule has 0 saturated carbocycles. The van der Waals surface area contributed by atoms with Crippen molar-refractivity contribution in [2.75, 3.05) is 4.90 Å². The molecule has 0 aliphatic rings. The van der Waals surface area contributed by atoms with E-state index >= 15 is 0 Å². The zero-order valence-corrected chi connectivity index (χ0v) is 37.6. The molecule has 0 bridgehead atoms. The van der Waals surface area contributed by atoms with E-state index in [0.717, 1.165) is 66.8 Å². The standard InChI is InChI=1S/C66H42N2O/c1-4-20-51-43(16-1)36-41-58-65-57(26-15-31-64(65)69-66(51)58)56-25-10-12-28-61(56)67(48-39-34-45(35-40-48)59-42-46-17-2-3-18-49(46)52-21-5-6-22-53(52)59)47-37-32-44(33-38-47)50-19-7-11-27-60(50)68-62-29-13-8-23-54(62)55-24-9-14-30-63(55)68/h1-42H. The van der Waals surface area contributed by atoms with Crippen LogP contribution in [0.5, 0.6) is 0 Å². The van der Waals surface area contributed by atoms with E-state index in [9.17, 15) is 0 Å². The Bertz CT molecular complexity index is 4260. The second-order valence-electron chi connectivity index (χ2n) is 18.0. The van der Waals surface area contributed by atoms with Gasteiger partial charge in [-0.25, -0.2) is 0 Å². The highest BCUT2D eigenvalue weighted by molar-refractivity contribution is 6.20. The first-order valence-corrected chi connectivity index (χ1v) is 23.7. The highest BCUT2D eigenvalue weighted by Crippen LogP contribution is 2.47. The van der Waals surface area contributed by atoms with E-state index in [1.165, 1.54) is 65.4 Å². The van der Waals surface area contributed by atoms with Crippen molar-refractivity contribution in [1.82, 2.24) is 4.57 Å². The van der Waals surface area contributed by atoms with Crippen LogP contribution in [-0.4, -0.2) is 4.57 Å². The van der Waals surface area contributed by atoms with Gasteiger partial charge in [0.1, 0.15) is 11.2 Å². The summed E-state index contributed by atoms with van der Waals surface area (Å²) in [4.78, 5) is 2.41. The Hall–Kier alpha value is -9.18. The second kappa shape index (κ2) is 15.7. The van der Waals surface area contributed by atoms with Crippen LogP contribution in [0.15, 0.2) is 259 Å². The monoisotopic (exact) mass is 878 g/mol. The van der Waals surface area contributed by atoms with E-state index in [1.807, 2.05) is 0 Å². The molecule has 322 valence electrons. The molecule has 3 nitrogen and oxygen atoms in total. The summed E-state index contributed by atoms with van der Waals surface area (Å²) in [5.41, 5.74) is 15.5. The van der Waals surface area contributed by atoms with Crippen LogP contribution in [0.1, 0.15) is 0 Å². The van der Waals surface area contributed by atoms with Gasteiger partial charge in [-0.3, -0.25) is 0 Å². The highest BCUT2D eigenvalue weighted by Gasteiger charge is 2.22. The minimum atomic E-state index is 0.874.